The predicted molar refractivity (Wildman–Crippen MR) is 101 cm³/mol. The molecule has 0 spiro atoms. The van der Waals surface area contributed by atoms with Gasteiger partial charge in [-0.2, -0.15) is 5.10 Å². The Kier molecular flexibility index (Phi) is 4.62. The minimum atomic E-state index is -0.360. The predicted octanol–water partition coefficient (Wildman–Crippen LogP) is 2.95. The number of benzene rings is 1. The van der Waals surface area contributed by atoms with E-state index < -0.39 is 0 Å². The lowest BCUT2D eigenvalue weighted by molar-refractivity contribution is 0.102. The number of H-pyrrole nitrogens is 1. The Morgan fingerprint density at radius 2 is 1.92 bits per heavy atom. The van der Waals surface area contributed by atoms with Crippen molar-refractivity contribution >= 4 is 22.9 Å². The van der Waals surface area contributed by atoms with E-state index in [1.165, 1.54) is 35.5 Å². The van der Waals surface area contributed by atoms with Crippen LogP contribution in [0.4, 0.5) is 5.69 Å². The highest BCUT2D eigenvalue weighted by molar-refractivity contribution is 7.11. The zero-order valence-corrected chi connectivity index (χ0v) is 14.9. The van der Waals surface area contributed by atoms with Crippen LogP contribution in [0.25, 0.3) is 0 Å². The summed E-state index contributed by atoms with van der Waals surface area (Å²) in [5.74, 6) is -0.360. The third kappa shape index (κ3) is 3.72. The smallest absolute Gasteiger partial charge is 0.276 e. The molecule has 1 amide bonds. The number of hydrogen-bond donors (Lipinski definition) is 2. The second-order valence-corrected chi connectivity index (χ2v) is 7.49. The minimum Gasteiger partial charge on any atom is -0.321 e. The number of hydrogen-bond acceptors (Lipinski definition) is 5. The molecule has 2 aromatic heterocycles. The molecule has 132 valence electrons. The average Bonchev–Trinajstić information content (AvgIpc) is 3.06. The molecule has 3 aromatic rings. The second-order valence-electron chi connectivity index (χ2n) is 6.32. The van der Waals surface area contributed by atoms with E-state index in [1.807, 2.05) is 35.6 Å². The third-order valence-corrected chi connectivity index (χ3v) is 5.53. The van der Waals surface area contributed by atoms with Gasteiger partial charge < -0.3 is 5.32 Å². The molecule has 2 heterocycles. The van der Waals surface area contributed by atoms with Crippen molar-refractivity contribution < 1.29 is 4.79 Å². The molecule has 0 saturated carbocycles. The number of carbonyl (C=O) groups excluding carboxylic acids is 1. The van der Waals surface area contributed by atoms with Crippen molar-refractivity contribution in [2.45, 2.75) is 32.1 Å². The molecular weight excluding hydrogens is 348 g/mol. The highest BCUT2D eigenvalue weighted by Gasteiger charge is 2.15. The van der Waals surface area contributed by atoms with Crippen LogP contribution in [0, 0.1) is 0 Å². The lowest BCUT2D eigenvalue weighted by atomic mass is 10.0. The maximum atomic E-state index is 12.1. The molecule has 0 fully saturated rings. The Morgan fingerprint density at radius 3 is 2.65 bits per heavy atom. The topological polar surface area (TPSA) is 87.7 Å². The molecule has 2 N–H and O–H groups in total. The number of rotatable bonds is 4. The van der Waals surface area contributed by atoms with Gasteiger partial charge in [-0.3, -0.25) is 9.59 Å². The summed E-state index contributed by atoms with van der Waals surface area (Å²) in [4.78, 5) is 29.3. The first kappa shape index (κ1) is 16.7. The van der Waals surface area contributed by atoms with Gasteiger partial charge in [0.25, 0.3) is 11.5 Å². The number of fused-ring (bicyclic) bond motifs is 1. The molecule has 0 atom stereocenters. The number of carbonyl (C=O) groups is 1. The Labute approximate surface area is 154 Å². The van der Waals surface area contributed by atoms with Gasteiger partial charge in [-0.1, -0.05) is 12.1 Å². The highest BCUT2D eigenvalue weighted by Crippen LogP contribution is 2.28. The molecule has 0 bridgehead atoms. The standard InChI is InChI=1S/C19H18N4O2S/c24-17-10-9-15(22-23-17)19(25)20-13-7-5-12(6-8-13)11-18-21-14-3-1-2-4-16(14)26-18/h5-10H,1-4,11H2,(H,20,25)(H,23,24). The molecule has 1 aliphatic carbocycles. The first-order valence-corrected chi connectivity index (χ1v) is 9.42. The molecule has 4 rings (SSSR count). The van der Waals surface area contributed by atoms with Crippen LogP contribution in [0.3, 0.4) is 0 Å². The molecule has 0 unspecified atom stereocenters. The van der Waals surface area contributed by atoms with Crippen molar-refractivity contribution in [1.29, 1.82) is 0 Å². The molecule has 0 saturated heterocycles. The summed E-state index contributed by atoms with van der Waals surface area (Å²) in [6.45, 7) is 0. The average molecular weight is 366 g/mol. The first-order chi connectivity index (χ1) is 12.7. The maximum absolute atomic E-state index is 12.1. The molecule has 7 heteroatoms. The van der Waals surface area contributed by atoms with Crippen molar-refractivity contribution in [1.82, 2.24) is 15.2 Å². The number of amides is 1. The zero-order valence-electron chi connectivity index (χ0n) is 14.1. The van der Waals surface area contributed by atoms with Gasteiger partial charge in [-0.25, -0.2) is 10.1 Å². The number of nitrogens with one attached hydrogen (secondary N) is 2. The second kappa shape index (κ2) is 7.21. The summed E-state index contributed by atoms with van der Waals surface area (Å²) < 4.78 is 0. The Hall–Kier alpha value is -2.80. The molecular formula is C19H18N4O2S. The van der Waals surface area contributed by atoms with Crippen LogP contribution in [0.15, 0.2) is 41.2 Å². The van der Waals surface area contributed by atoms with Crippen LogP contribution in [-0.2, 0) is 19.3 Å². The van der Waals surface area contributed by atoms with Gasteiger partial charge in [0, 0.05) is 23.1 Å². The Bertz CT molecular complexity index is 948. The van der Waals surface area contributed by atoms with E-state index in [9.17, 15) is 9.59 Å². The van der Waals surface area contributed by atoms with Crippen molar-refractivity contribution in [3.05, 3.63) is 73.6 Å². The number of aryl methyl sites for hydroxylation is 2. The van der Waals surface area contributed by atoms with Gasteiger partial charge in [0.15, 0.2) is 0 Å². The Morgan fingerprint density at radius 1 is 1.12 bits per heavy atom. The van der Waals surface area contributed by atoms with Crippen LogP contribution in [0.1, 0.15) is 44.5 Å². The van der Waals surface area contributed by atoms with E-state index in [2.05, 4.69) is 15.5 Å². The minimum absolute atomic E-state index is 0.169. The molecule has 6 nitrogen and oxygen atoms in total. The molecule has 0 radical (unpaired) electrons. The number of thiazole rings is 1. The number of anilines is 1. The van der Waals surface area contributed by atoms with Crippen LogP contribution >= 0.6 is 11.3 Å². The number of aromatic amines is 1. The number of aromatic nitrogens is 3. The van der Waals surface area contributed by atoms with Crippen LogP contribution < -0.4 is 10.9 Å². The summed E-state index contributed by atoms with van der Waals surface area (Å²) in [5, 5.41) is 9.90. The van der Waals surface area contributed by atoms with Gasteiger partial charge in [-0.15, -0.1) is 11.3 Å². The van der Waals surface area contributed by atoms with Crippen molar-refractivity contribution in [3.63, 3.8) is 0 Å². The lowest BCUT2D eigenvalue weighted by Gasteiger charge is -2.06. The Balaban J connectivity index is 1.41. The van der Waals surface area contributed by atoms with E-state index in [4.69, 9.17) is 4.98 Å². The first-order valence-electron chi connectivity index (χ1n) is 8.61. The molecule has 26 heavy (non-hydrogen) atoms. The molecule has 1 aromatic carbocycles. The van der Waals surface area contributed by atoms with Crippen molar-refractivity contribution in [3.8, 4) is 0 Å². The normalized spacial score (nSPS) is 13.2. The van der Waals surface area contributed by atoms with Crippen molar-refractivity contribution in [2.75, 3.05) is 5.32 Å². The van der Waals surface area contributed by atoms with Crippen molar-refractivity contribution in [2.24, 2.45) is 0 Å². The fourth-order valence-electron chi connectivity index (χ4n) is 3.03. The molecule has 1 aliphatic rings. The maximum Gasteiger partial charge on any atom is 0.276 e. The van der Waals surface area contributed by atoms with Gasteiger partial charge in [0.05, 0.1) is 10.7 Å². The van der Waals surface area contributed by atoms with Gasteiger partial charge in [0.1, 0.15) is 5.69 Å². The third-order valence-electron chi connectivity index (χ3n) is 4.37. The van der Waals surface area contributed by atoms with E-state index in [0.29, 0.717) is 5.69 Å². The number of nitrogens with zero attached hydrogens (tertiary/aromatic N) is 2. The summed E-state index contributed by atoms with van der Waals surface area (Å²) in [6.07, 6.45) is 5.60. The SMILES string of the molecule is O=C(Nc1ccc(Cc2nc3c(s2)CCCC3)cc1)c1ccc(=O)[nH]n1. The van der Waals surface area contributed by atoms with E-state index in [-0.39, 0.29) is 17.2 Å². The molecule has 0 aliphatic heterocycles. The summed E-state index contributed by atoms with van der Waals surface area (Å²) >= 11 is 1.83. The van der Waals surface area contributed by atoms with E-state index in [0.717, 1.165) is 29.8 Å². The monoisotopic (exact) mass is 366 g/mol. The summed E-state index contributed by atoms with van der Waals surface area (Å²) in [5.41, 5.74) is 2.96. The lowest BCUT2D eigenvalue weighted by Crippen LogP contribution is -2.17. The quantitative estimate of drug-likeness (QED) is 0.743. The van der Waals surface area contributed by atoms with Crippen LogP contribution in [0.2, 0.25) is 0 Å². The van der Waals surface area contributed by atoms with E-state index in [1.54, 1.807) is 0 Å². The van der Waals surface area contributed by atoms with Gasteiger partial charge >= 0.3 is 0 Å². The fraction of sp³-hybridized carbons (Fsp3) is 0.263. The van der Waals surface area contributed by atoms with Gasteiger partial charge in [0.2, 0.25) is 0 Å². The highest BCUT2D eigenvalue weighted by atomic mass is 32.1. The van der Waals surface area contributed by atoms with Crippen LogP contribution in [-0.4, -0.2) is 21.1 Å². The zero-order chi connectivity index (χ0) is 17.9. The summed E-state index contributed by atoms with van der Waals surface area (Å²) in [6, 6.07) is 10.4. The largest absolute Gasteiger partial charge is 0.321 e. The fourth-order valence-corrected chi connectivity index (χ4v) is 4.22. The summed E-state index contributed by atoms with van der Waals surface area (Å²) in [7, 11) is 0. The van der Waals surface area contributed by atoms with Gasteiger partial charge in [-0.05, 0) is 49.4 Å². The van der Waals surface area contributed by atoms with Crippen LogP contribution in [0.5, 0.6) is 0 Å². The van der Waals surface area contributed by atoms with E-state index >= 15 is 0 Å².